The maximum Gasteiger partial charge on any atom is 0.345 e. The number of halogens is 2. The van der Waals surface area contributed by atoms with Crippen molar-refractivity contribution < 1.29 is 13.5 Å². The summed E-state index contributed by atoms with van der Waals surface area (Å²) in [7, 11) is 0. The molecule has 0 aliphatic heterocycles. The number of aromatic nitrogens is 3. The van der Waals surface area contributed by atoms with Gasteiger partial charge in [-0.1, -0.05) is 19.1 Å². The minimum Gasteiger partial charge on any atom is -0.321 e. The highest BCUT2D eigenvalue weighted by Crippen LogP contribution is 2.11. The fourth-order valence-electron chi connectivity index (χ4n) is 1.11. The van der Waals surface area contributed by atoms with Gasteiger partial charge in [0.15, 0.2) is 0 Å². The van der Waals surface area contributed by atoms with Crippen LogP contribution in [0.25, 0.3) is 0 Å². The predicted molar refractivity (Wildman–Crippen MR) is 46.1 cm³/mol. The number of hydrogen-bond acceptors (Lipinski definition) is 3. The van der Waals surface area contributed by atoms with E-state index in [1.54, 1.807) is 10.9 Å². The van der Waals surface area contributed by atoms with Gasteiger partial charge in [0.25, 0.3) is 0 Å². The fraction of sp³-hybridized carbons (Fsp3) is 0.750. The standard InChI is InChI=1S/C8H13F2N3O/c1-6(2)7-5-11-12-13(7)3-4-14-8(9)10/h5-6,8H,3-4H2,1-2H3. The molecule has 0 saturated heterocycles. The Bertz CT molecular complexity index is 275. The first-order chi connectivity index (χ1) is 6.61. The summed E-state index contributed by atoms with van der Waals surface area (Å²) in [5.41, 5.74) is 0.919. The smallest absolute Gasteiger partial charge is 0.321 e. The molecule has 0 spiro atoms. The predicted octanol–water partition coefficient (Wildman–Crippen LogP) is 1.64. The van der Waals surface area contributed by atoms with E-state index in [0.29, 0.717) is 6.54 Å². The van der Waals surface area contributed by atoms with Crippen LogP contribution in [0.1, 0.15) is 25.5 Å². The molecule has 0 aliphatic rings. The van der Waals surface area contributed by atoms with E-state index in [1.165, 1.54) is 0 Å². The molecule has 80 valence electrons. The molecule has 14 heavy (non-hydrogen) atoms. The van der Waals surface area contributed by atoms with Gasteiger partial charge in [0, 0.05) is 0 Å². The monoisotopic (exact) mass is 205 g/mol. The molecule has 1 rings (SSSR count). The quantitative estimate of drug-likeness (QED) is 0.733. The summed E-state index contributed by atoms with van der Waals surface area (Å²) in [6.07, 6.45) is 1.63. The number of ether oxygens (including phenoxy) is 1. The Morgan fingerprint density at radius 1 is 1.50 bits per heavy atom. The molecule has 0 atom stereocenters. The first-order valence-corrected chi connectivity index (χ1v) is 4.39. The molecule has 0 fully saturated rings. The Morgan fingerprint density at radius 3 is 2.79 bits per heavy atom. The van der Waals surface area contributed by atoms with Crippen LogP contribution in [0, 0.1) is 0 Å². The van der Waals surface area contributed by atoms with Crippen LogP contribution in [0.15, 0.2) is 6.20 Å². The van der Waals surface area contributed by atoms with Crippen LogP contribution < -0.4 is 0 Å². The third kappa shape index (κ3) is 3.02. The maximum absolute atomic E-state index is 11.7. The Labute approximate surface area is 80.9 Å². The lowest BCUT2D eigenvalue weighted by Gasteiger charge is -2.08. The third-order valence-corrected chi connectivity index (χ3v) is 1.79. The van der Waals surface area contributed by atoms with Crippen LogP contribution in [0.5, 0.6) is 0 Å². The fourth-order valence-corrected chi connectivity index (χ4v) is 1.11. The second kappa shape index (κ2) is 4.99. The molecular weight excluding hydrogens is 192 g/mol. The zero-order chi connectivity index (χ0) is 10.6. The summed E-state index contributed by atoms with van der Waals surface area (Å²) in [5, 5.41) is 7.49. The molecular formula is C8H13F2N3O. The van der Waals surface area contributed by atoms with Crippen molar-refractivity contribution in [1.29, 1.82) is 0 Å². The van der Waals surface area contributed by atoms with E-state index in [9.17, 15) is 8.78 Å². The zero-order valence-corrected chi connectivity index (χ0v) is 8.15. The van der Waals surface area contributed by atoms with Crippen molar-refractivity contribution in [1.82, 2.24) is 15.0 Å². The highest BCUT2D eigenvalue weighted by molar-refractivity contribution is 4.99. The van der Waals surface area contributed by atoms with Gasteiger partial charge in [0.05, 0.1) is 25.0 Å². The van der Waals surface area contributed by atoms with Crippen LogP contribution in [0.4, 0.5) is 8.78 Å². The van der Waals surface area contributed by atoms with E-state index in [1.807, 2.05) is 13.8 Å². The third-order valence-electron chi connectivity index (χ3n) is 1.79. The van der Waals surface area contributed by atoms with Gasteiger partial charge in [-0.2, -0.15) is 8.78 Å². The van der Waals surface area contributed by atoms with E-state index in [0.717, 1.165) is 5.69 Å². The lowest BCUT2D eigenvalue weighted by atomic mass is 10.1. The maximum atomic E-state index is 11.7. The van der Waals surface area contributed by atoms with Crippen LogP contribution >= 0.6 is 0 Å². The average molecular weight is 205 g/mol. The molecule has 0 bridgehead atoms. The lowest BCUT2D eigenvalue weighted by molar-refractivity contribution is -0.131. The molecule has 0 saturated carbocycles. The number of nitrogens with zero attached hydrogens (tertiary/aromatic N) is 3. The first-order valence-electron chi connectivity index (χ1n) is 4.39. The van der Waals surface area contributed by atoms with E-state index in [-0.39, 0.29) is 12.5 Å². The van der Waals surface area contributed by atoms with Gasteiger partial charge < -0.3 is 4.74 Å². The summed E-state index contributed by atoms with van der Waals surface area (Å²) >= 11 is 0. The summed E-state index contributed by atoms with van der Waals surface area (Å²) in [4.78, 5) is 0. The van der Waals surface area contributed by atoms with E-state index >= 15 is 0 Å². The molecule has 0 amide bonds. The first kappa shape index (κ1) is 11.0. The highest BCUT2D eigenvalue weighted by atomic mass is 19.3. The molecule has 0 unspecified atom stereocenters. The molecule has 1 heterocycles. The molecule has 0 aromatic carbocycles. The lowest BCUT2D eigenvalue weighted by Crippen LogP contribution is -2.13. The SMILES string of the molecule is CC(C)c1cnnn1CCOC(F)F. The normalized spacial score (nSPS) is 11.6. The topological polar surface area (TPSA) is 39.9 Å². The van der Waals surface area contributed by atoms with Crippen molar-refractivity contribution in [2.45, 2.75) is 32.9 Å². The second-order valence-corrected chi connectivity index (χ2v) is 3.17. The summed E-state index contributed by atoms with van der Waals surface area (Å²) < 4.78 is 29.0. The number of alkyl halides is 2. The zero-order valence-electron chi connectivity index (χ0n) is 8.15. The van der Waals surface area contributed by atoms with Gasteiger partial charge in [0.1, 0.15) is 0 Å². The van der Waals surface area contributed by atoms with Crippen LogP contribution in [0.2, 0.25) is 0 Å². The summed E-state index contributed by atoms with van der Waals surface area (Å²) in [5.74, 6) is 0.275. The van der Waals surface area contributed by atoms with Crippen molar-refractivity contribution in [3.05, 3.63) is 11.9 Å². The van der Waals surface area contributed by atoms with Crippen molar-refractivity contribution in [2.24, 2.45) is 0 Å². The van der Waals surface area contributed by atoms with Gasteiger partial charge in [-0.15, -0.1) is 5.10 Å². The van der Waals surface area contributed by atoms with Gasteiger partial charge >= 0.3 is 6.61 Å². The Morgan fingerprint density at radius 2 is 2.21 bits per heavy atom. The Balaban J connectivity index is 2.46. The van der Waals surface area contributed by atoms with Crippen molar-refractivity contribution >= 4 is 0 Å². The van der Waals surface area contributed by atoms with Crippen LogP contribution in [-0.4, -0.2) is 28.2 Å². The van der Waals surface area contributed by atoms with Crippen molar-refractivity contribution in [3.8, 4) is 0 Å². The summed E-state index contributed by atoms with van der Waals surface area (Å²) in [6.45, 7) is 1.51. The molecule has 0 aliphatic carbocycles. The highest BCUT2D eigenvalue weighted by Gasteiger charge is 2.08. The molecule has 0 N–H and O–H groups in total. The Hall–Kier alpha value is -1.04. The molecule has 1 aromatic rings. The number of rotatable bonds is 5. The van der Waals surface area contributed by atoms with Gasteiger partial charge in [-0.3, -0.25) is 0 Å². The molecule has 6 heteroatoms. The molecule has 0 radical (unpaired) electrons. The van der Waals surface area contributed by atoms with Crippen LogP contribution in [-0.2, 0) is 11.3 Å². The summed E-state index contributed by atoms with van der Waals surface area (Å²) in [6, 6.07) is 0. The van der Waals surface area contributed by atoms with Crippen molar-refractivity contribution in [2.75, 3.05) is 6.61 Å². The minimum atomic E-state index is -2.72. The minimum absolute atomic E-state index is 0.0548. The average Bonchev–Trinajstić information content (AvgIpc) is 2.51. The van der Waals surface area contributed by atoms with Crippen molar-refractivity contribution in [3.63, 3.8) is 0 Å². The second-order valence-electron chi connectivity index (χ2n) is 3.17. The van der Waals surface area contributed by atoms with E-state index in [4.69, 9.17) is 0 Å². The van der Waals surface area contributed by atoms with Gasteiger partial charge in [-0.25, -0.2) is 4.68 Å². The number of hydrogen-bond donors (Lipinski definition) is 0. The van der Waals surface area contributed by atoms with Gasteiger partial charge in [-0.05, 0) is 5.92 Å². The molecule has 4 nitrogen and oxygen atoms in total. The largest absolute Gasteiger partial charge is 0.345 e. The molecule has 1 aromatic heterocycles. The van der Waals surface area contributed by atoms with Gasteiger partial charge in [0.2, 0.25) is 0 Å². The van der Waals surface area contributed by atoms with E-state index < -0.39 is 6.61 Å². The Kier molecular flexibility index (Phi) is 3.94. The van der Waals surface area contributed by atoms with E-state index in [2.05, 4.69) is 15.0 Å². The van der Waals surface area contributed by atoms with Crippen LogP contribution in [0.3, 0.4) is 0 Å².